The third kappa shape index (κ3) is 5.01. The highest BCUT2D eigenvalue weighted by atomic mass is 16.1. The van der Waals surface area contributed by atoms with E-state index in [-0.39, 0.29) is 0 Å². The first kappa shape index (κ1) is 7.01. The van der Waals surface area contributed by atoms with Gasteiger partial charge in [0.05, 0.1) is 0 Å². The second-order valence-corrected chi connectivity index (χ2v) is 1.42. The predicted molar refractivity (Wildman–Crippen MR) is 32.9 cm³/mol. The highest BCUT2D eigenvalue weighted by molar-refractivity contribution is 5.44. The summed E-state index contributed by atoms with van der Waals surface area (Å²) in [5.41, 5.74) is 0. The summed E-state index contributed by atoms with van der Waals surface area (Å²) >= 11 is 0. The normalized spacial score (nSPS) is 6.88. The quantitative estimate of drug-likeness (QED) is 0.301. The molecule has 0 aliphatic carbocycles. The number of rotatable bonds is 3. The van der Waals surface area contributed by atoms with E-state index in [1.807, 2.05) is 0 Å². The summed E-state index contributed by atoms with van der Waals surface area (Å²) in [6, 6.07) is 0. The maximum atomic E-state index is 9.54. The van der Waals surface area contributed by atoms with E-state index in [9.17, 15) is 4.79 Å². The van der Waals surface area contributed by atoms with Crippen LogP contribution in [0.15, 0.2) is 6.08 Å². The predicted octanol–water partition coefficient (Wildman–Crippen LogP) is 1.18. The third-order valence-electron chi connectivity index (χ3n) is 0.753. The largest absolute Gasteiger partial charge is 0.234 e. The number of terminal acetylenes is 1. The van der Waals surface area contributed by atoms with Gasteiger partial charge in [-0.1, -0.05) is 0 Å². The maximum Gasteiger partial charge on any atom is 0.120 e. The lowest BCUT2D eigenvalue weighted by Gasteiger charge is -1.81. The highest BCUT2D eigenvalue weighted by Crippen LogP contribution is 1.91. The van der Waals surface area contributed by atoms with Gasteiger partial charge >= 0.3 is 0 Å². The molecule has 1 nitrogen and oxygen atoms in total. The van der Waals surface area contributed by atoms with Gasteiger partial charge in [-0.25, -0.2) is 4.79 Å². The minimum absolute atomic E-state index is 0.748. The Morgan fingerprint density at radius 2 is 2.38 bits per heavy atom. The van der Waals surface area contributed by atoms with Gasteiger partial charge in [-0.15, -0.1) is 12.3 Å². The van der Waals surface area contributed by atoms with Crippen molar-refractivity contribution in [3.8, 4) is 12.3 Å². The Morgan fingerprint density at radius 3 is 2.88 bits per heavy atom. The molecule has 0 aromatic heterocycles. The average Bonchev–Trinajstić information content (AvgIpc) is 1.81. The summed E-state index contributed by atoms with van der Waals surface area (Å²) in [6.07, 6.45) is 8.80. The van der Waals surface area contributed by atoms with Crippen LogP contribution in [0.2, 0.25) is 0 Å². The van der Waals surface area contributed by atoms with Crippen LogP contribution in [0.25, 0.3) is 0 Å². The molecule has 0 aromatic rings. The maximum absolute atomic E-state index is 9.54. The first-order chi connectivity index (χ1) is 3.91. The van der Waals surface area contributed by atoms with Crippen molar-refractivity contribution < 1.29 is 4.79 Å². The lowest BCUT2D eigenvalue weighted by Crippen LogP contribution is -1.67. The van der Waals surface area contributed by atoms with E-state index in [2.05, 4.69) is 5.92 Å². The van der Waals surface area contributed by atoms with Gasteiger partial charge in [-0.05, 0) is 18.9 Å². The van der Waals surface area contributed by atoms with Gasteiger partial charge in [0.15, 0.2) is 0 Å². The van der Waals surface area contributed by atoms with Crippen LogP contribution < -0.4 is 0 Å². The van der Waals surface area contributed by atoms with E-state index >= 15 is 0 Å². The minimum atomic E-state index is 0.748. The molecule has 0 saturated carbocycles. The van der Waals surface area contributed by atoms with Crippen molar-refractivity contribution >= 4 is 5.94 Å². The Bertz CT molecular complexity index is 124. The molecule has 0 radical (unpaired) electrons. The molecule has 0 heterocycles. The number of unbranched alkanes of at least 4 members (excludes halogenated alkanes) is 2. The van der Waals surface area contributed by atoms with Gasteiger partial charge < -0.3 is 0 Å². The van der Waals surface area contributed by atoms with Crippen LogP contribution in [-0.4, -0.2) is 5.94 Å². The van der Waals surface area contributed by atoms with Crippen molar-refractivity contribution in [2.75, 3.05) is 0 Å². The monoisotopic (exact) mass is 108 g/mol. The highest BCUT2D eigenvalue weighted by Gasteiger charge is 1.76. The summed E-state index contributed by atoms with van der Waals surface area (Å²) < 4.78 is 0. The van der Waals surface area contributed by atoms with Crippen LogP contribution in [0.4, 0.5) is 0 Å². The summed E-state index contributed by atoms with van der Waals surface area (Å²) in [6.45, 7) is 0. The van der Waals surface area contributed by atoms with Gasteiger partial charge in [0.2, 0.25) is 0 Å². The van der Waals surface area contributed by atoms with Gasteiger partial charge in [0, 0.05) is 6.42 Å². The second kappa shape index (κ2) is 6.01. The lowest BCUT2D eigenvalue weighted by molar-refractivity contribution is 0.568. The number of hydrogen-bond donors (Lipinski definition) is 0. The molecule has 0 aliphatic heterocycles. The molecule has 0 fully saturated rings. The van der Waals surface area contributed by atoms with Gasteiger partial charge in [-0.2, -0.15) is 0 Å². The fraction of sp³-hybridized carbons (Fsp3) is 0.429. The lowest BCUT2D eigenvalue weighted by atomic mass is 10.2. The first-order valence-corrected chi connectivity index (χ1v) is 2.54. The summed E-state index contributed by atoms with van der Waals surface area (Å²) in [5.74, 6) is 4.16. The molecule has 0 saturated heterocycles. The molecule has 0 rings (SSSR count). The number of hydrogen-bond acceptors (Lipinski definition) is 1. The van der Waals surface area contributed by atoms with Gasteiger partial charge in [-0.3, -0.25) is 0 Å². The molecule has 0 spiro atoms. The van der Waals surface area contributed by atoms with Crippen LogP contribution in [0.5, 0.6) is 0 Å². The van der Waals surface area contributed by atoms with E-state index in [1.165, 1.54) is 6.08 Å². The molecule has 42 valence electrons. The third-order valence-corrected chi connectivity index (χ3v) is 0.753. The van der Waals surface area contributed by atoms with Crippen molar-refractivity contribution in [3.05, 3.63) is 6.08 Å². The first-order valence-electron chi connectivity index (χ1n) is 2.54. The Kier molecular flexibility index (Phi) is 5.27. The van der Waals surface area contributed by atoms with E-state index in [0.717, 1.165) is 19.3 Å². The SMILES string of the molecule is C#CCCCC=C=O. The van der Waals surface area contributed by atoms with Crippen LogP contribution in [0, 0.1) is 12.3 Å². The average molecular weight is 108 g/mol. The molecule has 0 aliphatic rings. The van der Waals surface area contributed by atoms with E-state index in [1.54, 1.807) is 5.94 Å². The van der Waals surface area contributed by atoms with Crippen LogP contribution in [0.3, 0.4) is 0 Å². The fourth-order valence-corrected chi connectivity index (χ4v) is 0.365. The van der Waals surface area contributed by atoms with Crippen LogP contribution in [-0.2, 0) is 4.79 Å². The summed E-state index contributed by atoms with van der Waals surface area (Å²) in [7, 11) is 0. The fourth-order valence-electron chi connectivity index (χ4n) is 0.365. The standard InChI is InChI=1S/C7H8O/c1-2-3-4-5-6-7-8/h1,6H,3-5H2. The second-order valence-electron chi connectivity index (χ2n) is 1.42. The van der Waals surface area contributed by atoms with Gasteiger partial charge in [0.1, 0.15) is 5.94 Å². The molecular formula is C7H8O. The molecule has 0 atom stereocenters. The summed E-state index contributed by atoms with van der Waals surface area (Å²) in [5, 5.41) is 0. The van der Waals surface area contributed by atoms with Crippen molar-refractivity contribution in [2.45, 2.75) is 19.3 Å². The minimum Gasteiger partial charge on any atom is -0.234 e. The topological polar surface area (TPSA) is 17.1 Å². The molecule has 0 amide bonds. The van der Waals surface area contributed by atoms with E-state index in [4.69, 9.17) is 6.42 Å². The number of allylic oxidation sites excluding steroid dienone is 1. The van der Waals surface area contributed by atoms with E-state index in [0.29, 0.717) is 0 Å². The zero-order valence-electron chi connectivity index (χ0n) is 4.68. The van der Waals surface area contributed by atoms with Crippen LogP contribution >= 0.6 is 0 Å². The molecule has 1 heteroatoms. The van der Waals surface area contributed by atoms with Gasteiger partial charge in [0.25, 0.3) is 0 Å². The molecule has 8 heavy (non-hydrogen) atoms. The molecule has 0 bridgehead atoms. The van der Waals surface area contributed by atoms with Crippen molar-refractivity contribution in [1.29, 1.82) is 0 Å². The zero-order valence-corrected chi connectivity index (χ0v) is 4.68. The Hall–Kier alpha value is -0.990. The van der Waals surface area contributed by atoms with Crippen molar-refractivity contribution in [1.82, 2.24) is 0 Å². The Labute approximate surface area is 49.4 Å². The smallest absolute Gasteiger partial charge is 0.120 e. The molecule has 0 aromatic carbocycles. The van der Waals surface area contributed by atoms with E-state index < -0.39 is 0 Å². The Morgan fingerprint density at radius 1 is 1.62 bits per heavy atom. The zero-order chi connectivity index (χ0) is 6.24. The Balaban J connectivity index is 2.96. The molecule has 0 unspecified atom stereocenters. The molecule has 0 N–H and O–H groups in total. The summed E-state index contributed by atoms with van der Waals surface area (Å²) in [4.78, 5) is 9.54. The van der Waals surface area contributed by atoms with Crippen LogP contribution in [0.1, 0.15) is 19.3 Å². The van der Waals surface area contributed by atoms with Crippen molar-refractivity contribution in [3.63, 3.8) is 0 Å². The molecular weight excluding hydrogens is 100 g/mol. The number of carbonyl (C=O) groups excluding carboxylic acids is 1. The van der Waals surface area contributed by atoms with Crippen molar-refractivity contribution in [2.24, 2.45) is 0 Å².